The van der Waals surface area contributed by atoms with E-state index in [2.05, 4.69) is 4.99 Å². The number of hydrogen-bond acceptors (Lipinski definition) is 3. The van der Waals surface area contributed by atoms with Crippen LogP contribution in [0.4, 0.5) is 5.69 Å². The summed E-state index contributed by atoms with van der Waals surface area (Å²) in [6.07, 6.45) is 0. The summed E-state index contributed by atoms with van der Waals surface area (Å²) < 4.78 is 0. The quantitative estimate of drug-likeness (QED) is 0.724. The van der Waals surface area contributed by atoms with Gasteiger partial charge in [0.1, 0.15) is 0 Å². The summed E-state index contributed by atoms with van der Waals surface area (Å²) >= 11 is 0. The molecule has 1 aromatic rings. The molecule has 0 heterocycles. The van der Waals surface area contributed by atoms with Crippen LogP contribution < -0.4 is 11.5 Å². The average molecular weight is 203 g/mol. The molecule has 1 aromatic carbocycles. The molecule has 0 fully saturated rings. The summed E-state index contributed by atoms with van der Waals surface area (Å²) in [5.74, 6) is 0. The zero-order chi connectivity index (χ0) is 11.4. The molecule has 0 saturated carbocycles. The molecule has 0 atom stereocenters. The van der Waals surface area contributed by atoms with E-state index in [4.69, 9.17) is 11.5 Å². The second-order valence-electron chi connectivity index (χ2n) is 3.63. The van der Waals surface area contributed by atoms with Gasteiger partial charge in [-0.3, -0.25) is 4.99 Å². The maximum Gasteiger partial charge on any atom is 0.0717 e. The van der Waals surface area contributed by atoms with Crippen LogP contribution in [0, 0.1) is 6.92 Å². The van der Waals surface area contributed by atoms with Crippen molar-refractivity contribution >= 4 is 11.4 Å². The van der Waals surface area contributed by atoms with E-state index in [1.807, 2.05) is 38.1 Å². The van der Waals surface area contributed by atoms with Gasteiger partial charge in [0.2, 0.25) is 0 Å². The Morgan fingerprint density at radius 2 is 1.87 bits per heavy atom. The predicted molar refractivity (Wildman–Crippen MR) is 65.0 cm³/mol. The van der Waals surface area contributed by atoms with E-state index >= 15 is 0 Å². The van der Waals surface area contributed by atoms with Crippen molar-refractivity contribution in [1.29, 1.82) is 0 Å². The number of rotatable bonds is 2. The van der Waals surface area contributed by atoms with Gasteiger partial charge in [0.05, 0.1) is 17.1 Å². The van der Waals surface area contributed by atoms with E-state index < -0.39 is 0 Å². The largest absolute Gasteiger partial charge is 0.401 e. The van der Waals surface area contributed by atoms with Gasteiger partial charge in [-0.2, -0.15) is 0 Å². The molecule has 4 N–H and O–H groups in total. The molecule has 0 saturated heterocycles. The monoisotopic (exact) mass is 203 g/mol. The highest BCUT2D eigenvalue weighted by Gasteiger charge is 1.99. The van der Waals surface area contributed by atoms with Crippen LogP contribution in [0.5, 0.6) is 0 Å². The van der Waals surface area contributed by atoms with Crippen LogP contribution in [-0.2, 0) is 0 Å². The van der Waals surface area contributed by atoms with Crippen molar-refractivity contribution in [3.05, 3.63) is 41.2 Å². The molecule has 0 spiro atoms. The number of aryl methyl sites for hydroxylation is 1. The van der Waals surface area contributed by atoms with E-state index in [-0.39, 0.29) is 0 Å². The van der Waals surface area contributed by atoms with Crippen molar-refractivity contribution < 1.29 is 0 Å². The Labute approximate surface area is 90.5 Å². The van der Waals surface area contributed by atoms with Crippen LogP contribution in [0.2, 0.25) is 0 Å². The molecule has 3 nitrogen and oxygen atoms in total. The number of benzene rings is 1. The van der Waals surface area contributed by atoms with Crippen LogP contribution in [0.25, 0.3) is 0 Å². The third kappa shape index (κ3) is 3.13. The Bertz CT molecular complexity index is 413. The van der Waals surface area contributed by atoms with Gasteiger partial charge in [-0.1, -0.05) is 12.1 Å². The number of nitrogens with zero attached hydrogens (tertiary/aromatic N) is 1. The third-order valence-corrected chi connectivity index (χ3v) is 2.11. The van der Waals surface area contributed by atoms with Crippen LogP contribution in [0.1, 0.15) is 19.4 Å². The first-order valence-electron chi connectivity index (χ1n) is 4.85. The van der Waals surface area contributed by atoms with E-state index in [0.29, 0.717) is 11.4 Å². The van der Waals surface area contributed by atoms with Gasteiger partial charge in [0, 0.05) is 5.70 Å². The Balaban J connectivity index is 3.03. The predicted octanol–water partition coefficient (Wildman–Crippen LogP) is 2.24. The van der Waals surface area contributed by atoms with Gasteiger partial charge in [-0.15, -0.1) is 0 Å². The van der Waals surface area contributed by atoms with Crippen LogP contribution in [0.3, 0.4) is 0 Å². The van der Waals surface area contributed by atoms with E-state index in [0.717, 1.165) is 11.4 Å². The normalized spacial score (nSPS) is 13.7. The van der Waals surface area contributed by atoms with Crippen molar-refractivity contribution in [2.45, 2.75) is 20.8 Å². The molecule has 1 rings (SSSR count). The summed E-state index contributed by atoms with van der Waals surface area (Å²) in [5, 5.41) is 0. The zero-order valence-corrected chi connectivity index (χ0v) is 9.41. The number of hydrogen-bond donors (Lipinski definition) is 2. The number of allylic oxidation sites excluding steroid dienone is 2. The maximum atomic E-state index is 5.77. The fourth-order valence-corrected chi connectivity index (χ4v) is 1.24. The first-order valence-corrected chi connectivity index (χ1v) is 4.85. The molecule has 0 amide bonds. The van der Waals surface area contributed by atoms with Crippen LogP contribution in [-0.4, -0.2) is 5.71 Å². The van der Waals surface area contributed by atoms with Crippen LogP contribution in [0.15, 0.2) is 40.7 Å². The van der Waals surface area contributed by atoms with Gasteiger partial charge in [-0.25, -0.2) is 0 Å². The number of nitrogens with two attached hydrogens (primary N) is 2. The molecule has 3 heteroatoms. The lowest BCUT2D eigenvalue weighted by molar-refractivity contribution is 1.22. The molecule has 80 valence electrons. The zero-order valence-electron chi connectivity index (χ0n) is 9.41. The minimum absolute atomic E-state index is 0.552. The highest BCUT2D eigenvalue weighted by Crippen LogP contribution is 2.14. The fourth-order valence-electron chi connectivity index (χ4n) is 1.24. The lowest BCUT2D eigenvalue weighted by Gasteiger charge is -2.03. The molecular weight excluding hydrogens is 186 g/mol. The topological polar surface area (TPSA) is 64.4 Å². The van der Waals surface area contributed by atoms with E-state index in [9.17, 15) is 0 Å². The highest BCUT2D eigenvalue weighted by atomic mass is 14.8. The van der Waals surface area contributed by atoms with Crippen molar-refractivity contribution in [2.75, 3.05) is 0 Å². The minimum atomic E-state index is 0.552. The fraction of sp³-hybridized carbons (Fsp3) is 0.250. The second kappa shape index (κ2) is 4.64. The lowest BCUT2D eigenvalue weighted by Crippen LogP contribution is -2.14. The summed E-state index contributed by atoms with van der Waals surface area (Å²) in [4.78, 5) is 4.39. The Kier molecular flexibility index (Phi) is 3.50. The summed E-state index contributed by atoms with van der Waals surface area (Å²) in [6.45, 7) is 5.65. The summed E-state index contributed by atoms with van der Waals surface area (Å²) in [6, 6.07) is 7.94. The highest BCUT2D eigenvalue weighted by molar-refractivity contribution is 5.99. The SMILES string of the molecule is CC(=Nc1cccc(C)c1)C(N)=C(C)N. The Hall–Kier alpha value is -1.77. The van der Waals surface area contributed by atoms with Crippen molar-refractivity contribution in [1.82, 2.24) is 0 Å². The molecule has 15 heavy (non-hydrogen) atoms. The van der Waals surface area contributed by atoms with Crippen molar-refractivity contribution in [3.63, 3.8) is 0 Å². The third-order valence-electron chi connectivity index (χ3n) is 2.11. The first-order chi connectivity index (χ1) is 7.00. The molecule has 0 aliphatic carbocycles. The minimum Gasteiger partial charge on any atom is -0.401 e. The maximum absolute atomic E-state index is 5.77. The van der Waals surface area contributed by atoms with E-state index in [1.54, 1.807) is 6.92 Å². The van der Waals surface area contributed by atoms with Gasteiger partial charge < -0.3 is 11.5 Å². The first kappa shape index (κ1) is 11.3. The molecular formula is C12H17N3. The van der Waals surface area contributed by atoms with Gasteiger partial charge in [-0.05, 0) is 38.5 Å². The van der Waals surface area contributed by atoms with Crippen molar-refractivity contribution in [2.24, 2.45) is 16.5 Å². The summed E-state index contributed by atoms with van der Waals surface area (Å²) in [7, 11) is 0. The van der Waals surface area contributed by atoms with Crippen LogP contribution >= 0.6 is 0 Å². The lowest BCUT2D eigenvalue weighted by atomic mass is 10.2. The Morgan fingerprint density at radius 3 is 2.40 bits per heavy atom. The van der Waals surface area contributed by atoms with Gasteiger partial charge in [0.15, 0.2) is 0 Å². The van der Waals surface area contributed by atoms with Crippen molar-refractivity contribution in [3.8, 4) is 0 Å². The van der Waals surface area contributed by atoms with Gasteiger partial charge >= 0.3 is 0 Å². The molecule has 0 aliphatic rings. The molecule has 0 aromatic heterocycles. The Morgan fingerprint density at radius 1 is 1.20 bits per heavy atom. The molecule has 0 unspecified atom stereocenters. The summed E-state index contributed by atoms with van der Waals surface area (Å²) in [5.41, 5.74) is 15.3. The molecule has 0 radical (unpaired) electrons. The second-order valence-corrected chi connectivity index (χ2v) is 3.63. The smallest absolute Gasteiger partial charge is 0.0717 e. The van der Waals surface area contributed by atoms with E-state index in [1.165, 1.54) is 5.56 Å². The number of aliphatic imine (C=N–C) groups is 1. The molecule has 0 aliphatic heterocycles. The molecule has 0 bridgehead atoms. The standard InChI is InChI=1S/C12H17N3/c1-8-5-4-6-11(7-8)15-10(3)12(14)9(2)13/h4-7H,13-14H2,1-3H3. The average Bonchev–Trinajstić information content (AvgIpc) is 2.16. The van der Waals surface area contributed by atoms with Gasteiger partial charge in [0.25, 0.3) is 0 Å².